The zero-order valence-corrected chi connectivity index (χ0v) is 11.8. The second-order valence-electron chi connectivity index (χ2n) is 3.53. The molecule has 0 rings (SSSR count). The average molecular weight is 266 g/mol. The summed E-state index contributed by atoms with van der Waals surface area (Å²) in [7, 11) is 0. The van der Waals surface area contributed by atoms with Gasteiger partial charge in [-0.05, 0) is 6.42 Å². The molecule has 4 nitrogen and oxygen atoms in total. The van der Waals surface area contributed by atoms with Crippen LogP contribution >= 0.6 is 12.6 Å². The molecule has 0 aromatic heterocycles. The topological polar surface area (TPSA) is 36.9 Å². The summed E-state index contributed by atoms with van der Waals surface area (Å²) >= 11 is 4.04. The molecule has 104 valence electrons. The second-order valence-corrected chi connectivity index (χ2v) is 3.97. The molecule has 0 bridgehead atoms. The standard InChI is InChI=1S/C12H26O4S/c1-2-3-4-13-5-6-14-7-8-15-9-10-16-11-12-17/h17H,2-12H2,1H3. The molecule has 0 aliphatic rings. The second kappa shape index (κ2) is 16.2. The molecule has 0 atom stereocenters. The first-order valence-corrected chi connectivity index (χ1v) is 6.97. The maximum atomic E-state index is 5.35. The smallest absolute Gasteiger partial charge is 0.0701 e. The van der Waals surface area contributed by atoms with Gasteiger partial charge in [0.2, 0.25) is 0 Å². The van der Waals surface area contributed by atoms with Crippen LogP contribution in [0.25, 0.3) is 0 Å². The minimum Gasteiger partial charge on any atom is -0.379 e. The van der Waals surface area contributed by atoms with Crippen LogP contribution in [0.2, 0.25) is 0 Å². The zero-order chi connectivity index (χ0) is 12.6. The van der Waals surface area contributed by atoms with Crippen LogP contribution in [0.5, 0.6) is 0 Å². The van der Waals surface area contributed by atoms with E-state index < -0.39 is 0 Å². The SMILES string of the molecule is CCCCOCCOCCOCCOCCS. The Hall–Kier alpha value is 0.190. The molecule has 0 unspecified atom stereocenters. The molecule has 0 heterocycles. The van der Waals surface area contributed by atoms with Gasteiger partial charge < -0.3 is 18.9 Å². The predicted molar refractivity (Wildman–Crippen MR) is 72.0 cm³/mol. The van der Waals surface area contributed by atoms with E-state index in [0.29, 0.717) is 46.2 Å². The molecular formula is C12H26O4S. The van der Waals surface area contributed by atoms with Gasteiger partial charge in [-0.15, -0.1) is 0 Å². The van der Waals surface area contributed by atoms with Gasteiger partial charge in [0.05, 0.1) is 46.2 Å². The molecule has 0 N–H and O–H groups in total. The zero-order valence-electron chi connectivity index (χ0n) is 10.9. The van der Waals surface area contributed by atoms with E-state index in [4.69, 9.17) is 18.9 Å². The molecule has 0 aliphatic carbocycles. The number of thiol groups is 1. The van der Waals surface area contributed by atoms with Crippen LogP contribution in [-0.4, -0.2) is 58.6 Å². The largest absolute Gasteiger partial charge is 0.379 e. The fourth-order valence-corrected chi connectivity index (χ4v) is 1.20. The predicted octanol–water partition coefficient (Wildman–Crippen LogP) is 1.78. The lowest BCUT2D eigenvalue weighted by Gasteiger charge is -2.06. The highest BCUT2D eigenvalue weighted by Gasteiger charge is 1.92. The summed E-state index contributed by atoms with van der Waals surface area (Å²) in [4.78, 5) is 0. The van der Waals surface area contributed by atoms with Crippen LogP contribution in [-0.2, 0) is 18.9 Å². The molecule has 0 aromatic carbocycles. The quantitative estimate of drug-likeness (QED) is 0.384. The monoisotopic (exact) mass is 266 g/mol. The van der Waals surface area contributed by atoms with Crippen LogP contribution < -0.4 is 0 Å². The van der Waals surface area contributed by atoms with Crippen LogP contribution in [0, 0.1) is 0 Å². The number of rotatable bonds is 14. The molecule has 0 aromatic rings. The first-order chi connectivity index (χ1) is 8.41. The van der Waals surface area contributed by atoms with Crippen molar-refractivity contribution in [3.05, 3.63) is 0 Å². The van der Waals surface area contributed by atoms with Crippen LogP contribution in [0.3, 0.4) is 0 Å². The molecule has 0 radical (unpaired) electrons. The van der Waals surface area contributed by atoms with Crippen molar-refractivity contribution in [3.8, 4) is 0 Å². The first kappa shape index (κ1) is 17.2. The van der Waals surface area contributed by atoms with Gasteiger partial charge in [0.25, 0.3) is 0 Å². The maximum absolute atomic E-state index is 5.35. The highest BCUT2D eigenvalue weighted by molar-refractivity contribution is 7.80. The minimum atomic E-state index is 0.610. The maximum Gasteiger partial charge on any atom is 0.0701 e. The molecule has 0 saturated carbocycles. The van der Waals surface area contributed by atoms with Gasteiger partial charge in [-0.2, -0.15) is 12.6 Å². The van der Waals surface area contributed by atoms with Crippen LogP contribution in [0.4, 0.5) is 0 Å². The summed E-state index contributed by atoms with van der Waals surface area (Å²) in [6.07, 6.45) is 2.29. The van der Waals surface area contributed by atoms with Gasteiger partial charge in [-0.1, -0.05) is 13.3 Å². The molecule has 5 heteroatoms. The Balaban J connectivity index is 2.85. The van der Waals surface area contributed by atoms with E-state index in [1.165, 1.54) is 6.42 Å². The third kappa shape index (κ3) is 16.2. The van der Waals surface area contributed by atoms with Crippen molar-refractivity contribution in [1.82, 2.24) is 0 Å². The summed E-state index contributed by atoms with van der Waals surface area (Å²) in [5.41, 5.74) is 0. The van der Waals surface area contributed by atoms with E-state index in [9.17, 15) is 0 Å². The molecule has 0 amide bonds. The van der Waals surface area contributed by atoms with Gasteiger partial charge in [-0.3, -0.25) is 0 Å². The summed E-state index contributed by atoms with van der Waals surface area (Å²) < 4.78 is 21.2. The van der Waals surface area contributed by atoms with Gasteiger partial charge in [-0.25, -0.2) is 0 Å². The molecule has 0 fully saturated rings. The molecule has 0 spiro atoms. The van der Waals surface area contributed by atoms with E-state index in [1.54, 1.807) is 0 Å². The van der Waals surface area contributed by atoms with Crippen molar-refractivity contribution >= 4 is 12.6 Å². The van der Waals surface area contributed by atoms with Crippen LogP contribution in [0.15, 0.2) is 0 Å². The Bertz CT molecular complexity index is 122. The third-order valence-electron chi connectivity index (χ3n) is 1.99. The third-order valence-corrected chi connectivity index (χ3v) is 2.18. The van der Waals surface area contributed by atoms with Gasteiger partial charge in [0.15, 0.2) is 0 Å². The Morgan fingerprint density at radius 3 is 1.47 bits per heavy atom. The van der Waals surface area contributed by atoms with Crippen molar-refractivity contribution in [2.75, 3.05) is 58.6 Å². The van der Waals surface area contributed by atoms with Crippen molar-refractivity contribution in [1.29, 1.82) is 0 Å². The van der Waals surface area contributed by atoms with E-state index in [-0.39, 0.29) is 0 Å². The van der Waals surface area contributed by atoms with Crippen molar-refractivity contribution < 1.29 is 18.9 Å². The fourth-order valence-electron chi connectivity index (χ4n) is 1.07. The van der Waals surface area contributed by atoms with Gasteiger partial charge in [0, 0.05) is 12.4 Å². The Morgan fingerprint density at radius 1 is 0.647 bits per heavy atom. The number of unbranched alkanes of at least 4 members (excludes halogenated alkanes) is 1. The van der Waals surface area contributed by atoms with E-state index in [0.717, 1.165) is 18.8 Å². The highest BCUT2D eigenvalue weighted by Crippen LogP contribution is 1.88. The normalized spacial score (nSPS) is 10.9. The minimum absolute atomic E-state index is 0.610. The van der Waals surface area contributed by atoms with E-state index in [1.807, 2.05) is 0 Å². The molecule has 17 heavy (non-hydrogen) atoms. The van der Waals surface area contributed by atoms with Crippen molar-refractivity contribution in [3.63, 3.8) is 0 Å². The number of hydrogen-bond acceptors (Lipinski definition) is 5. The van der Waals surface area contributed by atoms with E-state index in [2.05, 4.69) is 19.6 Å². The van der Waals surface area contributed by atoms with Gasteiger partial charge >= 0.3 is 0 Å². The highest BCUT2D eigenvalue weighted by atomic mass is 32.1. The number of hydrogen-bond donors (Lipinski definition) is 1. The summed E-state index contributed by atoms with van der Waals surface area (Å²) in [5, 5.41) is 0. The average Bonchev–Trinajstić information content (AvgIpc) is 2.35. The van der Waals surface area contributed by atoms with Crippen molar-refractivity contribution in [2.24, 2.45) is 0 Å². The summed E-state index contributed by atoms with van der Waals surface area (Å²) in [6.45, 7) is 7.44. The molecular weight excluding hydrogens is 240 g/mol. The van der Waals surface area contributed by atoms with Crippen molar-refractivity contribution in [2.45, 2.75) is 19.8 Å². The first-order valence-electron chi connectivity index (χ1n) is 6.33. The summed E-state index contributed by atoms with van der Waals surface area (Å²) in [5.74, 6) is 0.751. The lowest BCUT2D eigenvalue weighted by molar-refractivity contribution is -0.000463. The lowest BCUT2D eigenvalue weighted by Crippen LogP contribution is -2.12. The van der Waals surface area contributed by atoms with Gasteiger partial charge in [0.1, 0.15) is 0 Å². The number of ether oxygens (including phenoxy) is 4. The lowest BCUT2D eigenvalue weighted by atomic mass is 10.4. The molecule has 0 aliphatic heterocycles. The molecule has 0 saturated heterocycles. The summed E-state index contributed by atoms with van der Waals surface area (Å²) in [6, 6.07) is 0. The Morgan fingerprint density at radius 2 is 1.06 bits per heavy atom. The van der Waals surface area contributed by atoms with E-state index >= 15 is 0 Å². The Kier molecular flexibility index (Phi) is 16.4. The Labute approximate surface area is 110 Å². The fraction of sp³-hybridized carbons (Fsp3) is 1.00. The van der Waals surface area contributed by atoms with Crippen LogP contribution in [0.1, 0.15) is 19.8 Å².